The van der Waals surface area contributed by atoms with Crippen molar-refractivity contribution in [2.24, 2.45) is 0 Å². The van der Waals surface area contributed by atoms with Crippen molar-refractivity contribution in [3.8, 4) is 11.1 Å². The van der Waals surface area contributed by atoms with Gasteiger partial charge in [0.15, 0.2) is 0 Å². The molecule has 23 heavy (non-hydrogen) atoms. The topological polar surface area (TPSA) is 55.7 Å². The smallest absolute Gasteiger partial charge is 0.142 e. The first-order valence-electron chi connectivity index (χ1n) is 7.98. The largest absolute Gasteiger partial charge is 0.361 e. The van der Waals surface area contributed by atoms with Crippen LogP contribution in [0.4, 0.5) is 0 Å². The predicted octanol–water partition coefficient (Wildman–Crippen LogP) is 4.05. The fraction of sp³-hybridized carbons (Fsp3) is 0.412. The van der Waals surface area contributed by atoms with Crippen molar-refractivity contribution in [1.82, 2.24) is 19.7 Å². The number of aromatic amines is 1. The van der Waals surface area contributed by atoms with Gasteiger partial charge in [-0.15, -0.1) is 0 Å². The summed E-state index contributed by atoms with van der Waals surface area (Å²) in [6, 6.07) is 5.32. The molecule has 3 aromatic heterocycles. The molecular formula is C17H24N4OSi. The predicted molar refractivity (Wildman–Crippen MR) is 96.2 cm³/mol. The van der Waals surface area contributed by atoms with E-state index in [0.717, 1.165) is 34.5 Å². The average Bonchev–Trinajstić information content (AvgIpc) is 3.09. The zero-order valence-corrected chi connectivity index (χ0v) is 15.3. The molecule has 1 N–H and O–H groups in total. The van der Waals surface area contributed by atoms with Gasteiger partial charge in [0.1, 0.15) is 12.4 Å². The summed E-state index contributed by atoms with van der Waals surface area (Å²) in [5.41, 5.74) is 4.30. The number of aromatic nitrogens is 4. The highest BCUT2D eigenvalue weighted by Crippen LogP contribution is 2.29. The molecule has 0 radical (unpaired) electrons. The summed E-state index contributed by atoms with van der Waals surface area (Å²) in [5, 5.41) is 8.25. The lowest BCUT2D eigenvalue weighted by Crippen LogP contribution is -2.22. The van der Waals surface area contributed by atoms with Crippen LogP contribution in [0.1, 0.15) is 5.69 Å². The molecule has 6 heteroatoms. The van der Waals surface area contributed by atoms with Gasteiger partial charge in [0.2, 0.25) is 0 Å². The van der Waals surface area contributed by atoms with Crippen LogP contribution in [0, 0.1) is 6.92 Å². The molecule has 0 fully saturated rings. The van der Waals surface area contributed by atoms with Gasteiger partial charge in [0.25, 0.3) is 0 Å². The van der Waals surface area contributed by atoms with E-state index in [9.17, 15) is 0 Å². The summed E-state index contributed by atoms with van der Waals surface area (Å²) >= 11 is 0. The number of H-pyrrole nitrogens is 1. The number of hydrogen-bond acceptors (Lipinski definition) is 3. The van der Waals surface area contributed by atoms with Gasteiger partial charge in [-0.25, -0.2) is 4.98 Å². The molecule has 0 saturated heterocycles. The minimum absolute atomic E-state index is 0.550. The summed E-state index contributed by atoms with van der Waals surface area (Å²) in [6.45, 7) is 10.5. The number of nitrogens with zero attached hydrogens (tertiary/aromatic N) is 3. The molecule has 5 nitrogen and oxygen atoms in total. The van der Waals surface area contributed by atoms with Crippen molar-refractivity contribution in [3.05, 3.63) is 36.4 Å². The van der Waals surface area contributed by atoms with Crippen molar-refractivity contribution < 1.29 is 4.74 Å². The molecule has 0 aromatic carbocycles. The fourth-order valence-corrected chi connectivity index (χ4v) is 3.35. The SMILES string of the molecule is Cc1[nH]ncc1-c1ccnc2c1ccn2COCC[Si](C)(C)C. The highest BCUT2D eigenvalue weighted by molar-refractivity contribution is 6.76. The molecule has 0 spiro atoms. The maximum absolute atomic E-state index is 5.86. The zero-order chi connectivity index (χ0) is 16.4. The van der Waals surface area contributed by atoms with Crippen LogP contribution in [-0.2, 0) is 11.5 Å². The Labute approximate surface area is 137 Å². The lowest BCUT2D eigenvalue weighted by Gasteiger charge is -2.15. The number of hydrogen-bond donors (Lipinski definition) is 1. The molecule has 3 rings (SSSR count). The quantitative estimate of drug-likeness (QED) is 0.548. The van der Waals surface area contributed by atoms with E-state index in [0.29, 0.717) is 6.73 Å². The molecule has 0 bridgehead atoms. The normalized spacial score (nSPS) is 12.2. The van der Waals surface area contributed by atoms with E-state index in [2.05, 4.69) is 45.5 Å². The van der Waals surface area contributed by atoms with Crippen LogP contribution in [0.5, 0.6) is 0 Å². The van der Waals surface area contributed by atoms with Gasteiger partial charge >= 0.3 is 0 Å². The van der Waals surface area contributed by atoms with Gasteiger partial charge in [-0.05, 0) is 30.7 Å². The van der Waals surface area contributed by atoms with Gasteiger partial charge in [0.05, 0.1) is 6.20 Å². The third-order valence-corrected chi connectivity index (χ3v) is 5.71. The summed E-state index contributed by atoms with van der Waals surface area (Å²) in [6.07, 6.45) is 5.76. The highest BCUT2D eigenvalue weighted by atomic mass is 28.3. The maximum atomic E-state index is 5.86. The lowest BCUT2D eigenvalue weighted by molar-refractivity contribution is 0.0899. The van der Waals surface area contributed by atoms with Crippen molar-refractivity contribution in [2.45, 2.75) is 39.3 Å². The maximum Gasteiger partial charge on any atom is 0.142 e. The first kappa shape index (κ1) is 16.0. The number of aryl methyl sites for hydroxylation is 1. The zero-order valence-electron chi connectivity index (χ0n) is 14.3. The van der Waals surface area contributed by atoms with E-state index in [1.165, 1.54) is 6.04 Å². The van der Waals surface area contributed by atoms with Gasteiger partial charge in [0, 0.05) is 43.7 Å². The Kier molecular flexibility index (Phi) is 4.36. The standard InChI is InChI=1S/C17H24N4OSi/c1-13-16(11-19-20-13)14-5-7-18-17-15(14)6-8-21(17)12-22-9-10-23(2,3)4/h5-8,11H,9-10,12H2,1-4H3,(H,19,20). The summed E-state index contributed by atoms with van der Waals surface area (Å²) in [5.74, 6) is 0. The minimum atomic E-state index is -1.04. The molecule has 0 atom stereocenters. The lowest BCUT2D eigenvalue weighted by atomic mass is 10.1. The Morgan fingerprint density at radius 2 is 2.04 bits per heavy atom. The van der Waals surface area contributed by atoms with Crippen LogP contribution in [-0.4, -0.2) is 34.4 Å². The Morgan fingerprint density at radius 3 is 2.74 bits per heavy atom. The first-order chi connectivity index (χ1) is 11.0. The highest BCUT2D eigenvalue weighted by Gasteiger charge is 2.13. The monoisotopic (exact) mass is 328 g/mol. The summed E-state index contributed by atoms with van der Waals surface area (Å²) in [7, 11) is -1.04. The third-order valence-electron chi connectivity index (χ3n) is 4.01. The van der Waals surface area contributed by atoms with Crippen LogP contribution in [0.15, 0.2) is 30.7 Å². The second kappa shape index (κ2) is 6.29. The second-order valence-electron chi connectivity index (χ2n) is 7.14. The Morgan fingerprint density at radius 1 is 1.22 bits per heavy atom. The van der Waals surface area contributed by atoms with Crippen LogP contribution in [0.25, 0.3) is 22.2 Å². The fourth-order valence-electron chi connectivity index (χ4n) is 2.59. The molecule has 0 amide bonds. The van der Waals surface area contributed by atoms with E-state index in [4.69, 9.17) is 4.74 Å². The van der Waals surface area contributed by atoms with Gasteiger partial charge < -0.3 is 9.30 Å². The molecule has 0 saturated carbocycles. The molecule has 0 aliphatic heterocycles. The van der Waals surface area contributed by atoms with Gasteiger partial charge in [-0.3, -0.25) is 5.10 Å². The van der Waals surface area contributed by atoms with E-state index in [-0.39, 0.29) is 0 Å². The Bertz CT molecular complexity index is 800. The summed E-state index contributed by atoms with van der Waals surface area (Å²) < 4.78 is 7.92. The molecule has 3 aromatic rings. The Hall–Kier alpha value is -1.92. The van der Waals surface area contributed by atoms with Crippen molar-refractivity contribution in [3.63, 3.8) is 0 Å². The molecule has 122 valence electrons. The minimum Gasteiger partial charge on any atom is -0.361 e. The molecule has 0 unspecified atom stereocenters. The van der Waals surface area contributed by atoms with Crippen molar-refractivity contribution in [2.75, 3.05) is 6.61 Å². The van der Waals surface area contributed by atoms with Gasteiger partial charge in [-0.2, -0.15) is 5.10 Å². The average molecular weight is 328 g/mol. The molecule has 3 heterocycles. The second-order valence-corrected chi connectivity index (χ2v) is 12.8. The molecular weight excluding hydrogens is 304 g/mol. The number of pyridine rings is 1. The Balaban J connectivity index is 1.81. The number of fused-ring (bicyclic) bond motifs is 1. The van der Waals surface area contributed by atoms with Crippen molar-refractivity contribution in [1.29, 1.82) is 0 Å². The van der Waals surface area contributed by atoms with E-state index >= 15 is 0 Å². The van der Waals surface area contributed by atoms with Gasteiger partial charge in [-0.1, -0.05) is 19.6 Å². The van der Waals surface area contributed by atoms with Crippen LogP contribution >= 0.6 is 0 Å². The summed E-state index contributed by atoms with van der Waals surface area (Å²) in [4.78, 5) is 4.53. The third kappa shape index (κ3) is 3.54. The number of ether oxygens (including phenoxy) is 1. The van der Waals surface area contributed by atoms with Crippen molar-refractivity contribution >= 4 is 19.1 Å². The molecule has 0 aliphatic carbocycles. The molecule has 0 aliphatic rings. The number of nitrogens with one attached hydrogen (secondary N) is 1. The first-order valence-corrected chi connectivity index (χ1v) is 11.7. The van der Waals surface area contributed by atoms with E-state index in [1.54, 1.807) is 0 Å². The van der Waals surface area contributed by atoms with E-state index < -0.39 is 8.07 Å². The van der Waals surface area contributed by atoms with Crippen LogP contribution in [0.3, 0.4) is 0 Å². The number of rotatable bonds is 6. The van der Waals surface area contributed by atoms with Crippen LogP contribution < -0.4 is 0 Å². The van der Waals surface area contributed by atoms with Crippen LogP contribution in [0.2, 0.25) is 25.7 Å². The van der Waals surface area contributed by atoms with E-state index in [1.807, 2.05) is 31.6 Å².